The lowest BCUT2D eigenvalue weighted by Crippen LogP contribution is -2.67. The van der Waals surface area contributed by atoms with Gasteiger partial charge in [-0.25, -0.2) is 4.57 Å². The number of aromatic nitrogens is 1. The molecule has 4 nitrogen and oxygen atoms in total. The van der Waals surface area contributed by atoms with Gasteiger partial charge in [0.1, 0.15) is 0 Å². The molecule has 5 aliphatic carbocycles. The molecule has 1 N–H and O–H groups in total. The number of rotatable bonds is 5. The summed E-state index contributed by atoms with van der Waals surface area (Å²) in [5.41, 5.74) is 1.61. The predicted molar refractivity (Wildman–Crippen MR) is 163 cm³/mol. The first-order valence-electron chi connectivity index (χ1n) is 16.8. The van der Waals surface area contributed by atoms with Crippen LogP contribution in [0.2, 0.25) is 0 Å². The molecule has 6 rings (SSSR count). The molecule has 5 aliphatic rings. The third kappa shape index (κ3) is 4.08. The molecular formula is C37H56NO3+. The van der Waals surface area contributed by atoms with Crippen LogP contribution in [0.5, 0.6) is 0 Å². The second-order valence-corrected chi connectivity index (χ2v) is 16.5. The Hall–Kier alpha value is -1.68. The zero-order valence-corrected chi connectivity index (χ0v) is 26.8. The number of hydrogen-bond acceptors (Lipinski definition) is 3. The third-order valence-electron chi connectivity index (χ3n) is 14.8. The lowest BCUT2D eigenvalue weighted by atomic mass is 9.32. The molecular weight excluding hydrogens is 506 g/mol. The van der Waals surface area contributed by atoms with Gasteiger partial charge in [-0.05, 0) is 122 Å². The Morgan fingerprint density at radius 2 is 1.61 bits per heavy atom. The summed E-state index contributed by atoms with van der Waals surface area (Å²) in [6.07, 6.45) is 15.0. The number of pyridine rings is 1. The van der Waals surface area contributed by atoms with Gasteiger partial charge >= 0.3 is 5.97 Å². The quantitative estimate of drug-likeness (QED) is 0.229. The smallest absolute Gasteiger partial charge is 0.312 e. The van der Waals surface area contributed by atoms with Gasteiger partial charge in [0.15, 0.2) is 25.5 Å². The van der Waals surface area contributed by atoms with E-state index in [9.17, 15) is 9.90 Å². The minimum absolute atomic E-state index is 0.0217. The summed E-state index contributed by atoms with van der Waals surface area (Å²) < 4.78 is 8.26. The highest BCUT2D eigenvalue weighted by Gasteiger charge is 2.72. The van der Waals surface area contributed by atoms with E-state index >= 15 is 0 Å². The summed E-state index contributed by atoms with van der Waals surface area (Å²) in [4.78, 5) is 14.2. The number of carbonyl (C=O) groups is 1. The monoisotopic (exact) mass is 562 g/mol. The van der Waals surface area contributed by atoms with Crippen LogP contribution in [0, 0.1) is 56.7 Å². The fourth-order valence-corrected chi connectivity index (χ4v) is 12.5. The summed E-state index contributed by atoms with van der Waals surface area (Å²) in [5.74, 6) is 2.59. The van der Waals surface area contributed by atoms with Gasteiger partial charge in [-0.2, -0.15) is 0 Å². The lowest BCUT2D eigenvalue weighted by Gasteiger charge is -2.72. The van der Waals surface area contributed by atoms with Crippen LogP contribution in [0.1, 0.15) is 106 Å². The Labute approximate surface area is 249 Å². The fourth-order valence-electron chi connectivity index (χ4n) is 12.5. The summed E-state index contributed by atoms with van der Waals surface area (Å²) in [5, 5.41) is 11.0. The highest BCUT2D eigenvalue weighted by atomic mass is 16.5. The van der Waals surface area contributed by atoms with Crippen molar-refractivity contribution in [3.05, 3.63) is 42.7 Å². The van der Waals surface area contributed by atoms with E-state index in [1.807, 2.05) is 30.6 Å². The van der Waals surface area contributed by atoms with Crippen molar-refractivity contribution in [2.24, 2.45) is 56.7 Å². The van der Waals surface area contributed by atoms with Gasteiger partial charge in [-0.1, -0.05) is 52.8 Å². The molecule has 0 bridgehead atoms. The zero-order valence-electron chi connectivity index (χ0n) is 26.8. The van der Waals surface area contributed by atoms with E-state index in [4.69, 9.17) is 4.74 Å². The number of esters is 1. The molecule has 0 aliphatic heterocycles. The van der Waals surface area contributed by atoms with Gasteiger partial charge in [0.25, 0.3) is 0 Å². The van der Waals surface area contributed by atoms with Crippen LogP contribution in [-0.4, -0.2) is 23.8 Å². The van der Waals surface area contributed by atoms with Crippen molar-refractivity contribution in [3.8, 4) is 0 Å². The van der Waals surface area contributed by atoms with Gasteiger partial charge in [-0.15, -0.1) is 0 Å². The third-order valence-corrected chi connectivity index (χ3v) is 14.8. The molecule has 0 saturated heterocycles. The fraction of sp³-hybridized carbons (Fsp3) is 0.784. The molecule has 0 unspecified atom stereocenters. The van der Waals surface area contributed by atoms with Crippen molar-refractivity contribution in [2.45, 2.75) is 118 Å². The SMILES string of the molecule is C=C(C)[C@@H]1CC[C@]2(C(=O)OCC[n+]3ccccc3)CC[C@]3(C)[C@H](CC[C@@H]4[C@@]5(C)CC[C@H](O)C(C)(C)[C@@H]5CC[C@]43C)[C@@H]12. The number of ether oxygens (including phenoxy) is 1. The first-order valence-corrected chi connectivity index (χ1v) is 16.8. The zero-order chi connectivity index (χ0) is 29.4. The molecule has 41 heavy (non-hydrogen) atoms. The second kappa shape index (κ2) is 9.93. The molecule has 1 heterocycles. The molecule has 0 aromatic carbocycles. The molecule has 0 radical (unpaired) electrons. The summed E-state index contributed by atoms with van der Waals surface area (Å²) in [6, 6.07) is 6.06. The topological polar surface area (TPSA) is 50.4 Å². The van der Waals surface area contributed by atoms with E-state index < -0.39 is 0 Å². The molecule has 0 spiro atoms. The van der Waals surface area contributed by atoms with Crippen molar-refractivity contribution in [2.75, 3.05) is 6.61 Å². The van der Waals surface area contributed by atoms with Crippen LogP contribution >= 0.6 is 0 Å². The lowest BCUT2D eigenvalue weighted by molar-refractivity contribution is -0.698. The van der Waals surface area contributed by atoms with E-state index in [-0.39, 0.29) is 39.1 Å². The molecule has 5 saturated carbocycles. The Morgan fingerprint density at radius 1 is 0.878 bits per heavy atom. The number of aliphatic hydroxyl groups excluding tert-OH is 1. The van der Waals surface area contributed by atoms with E-state index in [2.05, 4.69) is 52.7 Å². The number of aliphatic hydroxyl groups is 1. The first-order chi connectivity index (χ1) is 19.3. The molecule has 1 aromatic heterocycles. The van der Waals surface area contributed by atoms with Crippen molar-refractivity contribution >= 4 is 5.97 Å². The van der Waals surface area contributed by atoms with E-state index in [1.54, 1.807) is 0 Å². The summed E-state index contributed by atoms with van der Waals surface area (Å²) >= 11 is 0. The molecule has 226 valence electrons. The van der Waals surface area contributed by atoms with Gasteiger partial charge in [-0.3, -0.25) is 4.79 Å². The largest absolute Gasteiger partial charge is 0.459 e. The van der Waals surface area contributed by atoms with Gasteiger partial charge < -0.3 is 9.84 Å². The van der Waals surface area contributed by atoms with Crippen molar-refractivity contribution in [1.82, 2.24) is 0 Å². The van der Waals surface area contributed by atoms with E-state index in [0.29, 0.717) is 42.7 Å². The summed E-state index contributed by atoms with van der Waals surface area (Å²) in [6.45, 7) is 20.4. The number of nitrogens with zero attached hydrogens (tertiary/aromatic N) is 1. The van der Waals surface area contributed by atoms with Crippen LogP contribution < -0.4 is 4.57 Å². The molecule has 5 fully saturated rings. The minimum atomic E-state index is -0.365. The number of allylic oxidation sites excluding steroid dienone is 1. The normalized spacial score (nSPS) is 46.4. The van der Waals surface area contributed by atoms with E-state index in [0.717, 1.165) is 38.5 Å². The Morgan fingerprint density at radius 3 is 2.32 bits per heavy atom. The van der Waals surface area contributed by atoms with E-state index in [1.165, 1.54) is 31.3 Å². The van der Waals surface area contributed by atoms with Crippen molar-refractivity contribution in [1.29, 1.82) is 0 Å². The molecule has 1 aromatic rings. The van der Waals surface area contributed by atoms with Crippen molar-refractivity contribution in [3.63, 3.8) is 0 Å². The standard InChI is InChI=1S/C37H56NO3/c1-25(2)26-13-18-37(32(40)41-24-23-38-21-9-8-10-22-38)20-19-35(6)27(31(26)37)11-12-29-34(5)16-15-30(39)33(3,4)28(34)14-17-36(29,35)7/h8-10,21-22,26-31,39H,1,11-20,23-24H2,2-7H3/q+1/t26-,27+,28-,29+,30-,31+,34-,35+,36+,37-/m0/s1. The first kappa shape index (κ1) is 29.4. The maximum atomic E-state index is 14.2. The van der Waals surface area contributed by atoms with Crippen LogP contribution in [0.3, 0.4) is 0 Å². The Bertz CT molecular complexity index is 1180. The minimum Gasteiger partial charge on any atom is -0.459 e. The van der Waals surface area contributed by atoms with Gasteiger partial charge in [0.05, 0.1) is 11.5 Å². The highest BCUT2D eigenvalue weighted by Crippen LogP contribution is 2.77. The van der Waals surface area contributed by atoms with Crippen LogP contribution in [0.4, 0.5) is 0 Å². The average molecular weight is 563 g/mol. The van der Waals surface area contributed by atoms with Crippen molar-refractivity contribution < 1.29 is 19.2 Å². The Balaban J connectivity index is 1.30. The van der Waals surface area contributed by atoms with Gasteiger partial charge in [0, 0.05) is 12.1 Å². The highest BCUT2D eigenvalue weighted by molar-refractivity contribution is 5.78. The molecule has 4 heteroatoms. The van der Waals surface area contributed by atoms with Crippen LogP contribution in [0.25, 0.3) is 0 Å². The number of hydrogen-bond donors (Lipinski definition) is 1. The number of carbonyl (C=O) groups excluding carboxylic acids is 1. The number of fused-ring (bicyclic) bond motifs is 7. The maximum Gasteiger partial charge on any atom is 0.312 e. The van der Waals surface area contributed by atoms with Crippen LogP contribution in [-0.2, 0) is 16.1 Å². The average Bonchev–Trinajstić information content (AvgIpc) is 3.33. The molecule has 0 amide bonds. The molecule has 10 atom stereocenters. The summed E-state index contributed by atoms with van der Waals surface area (Å²) in [7, 11) is 0. The van der Waals surface area contributed by atoms with Crippen LogP contribution in [0.15, 0.2) is 42.7 Å². The Kier molecular flexibility index (Phi) is 7.12. The van der Waals surface area contributed by atoms with Gasteiger partial charge in [0.2, 0.25) is 0 Å². The maximum absolute atomic E-state index is 14.2. The predicted octanol–water partition coefficient (Wildman–Crippen LogP) is 7.54. The second-order valence-electron chi connectivity index (χ2n) is 16.5.